The molecule has 0 atom stereocenters. The van der Waals surface area contributed by atoms with Crippen LogP contribution >= 0.6 is 0 Å². The Kier molecular flexibility index (Phi) is 4.54. The highest BCUT2D eigenvalue weighted by atomic mass is 16.6. The second kappa shape index (κ2) is 5.96. The van der Waals surface area contributed by atoms with Crippen molar-refractivity contribution in [1.82, 2.24) is 0 Å². The van der Waals surface area contributed by atoms with E-state index in [0.29, 0.717) is 0 Å². The molecule has 0 amide bonds. The minimum absolute atomic E-state index is 0.745. The zero-order chi connectivity index (χ0) is 11.1. The molecule has 0 aliphatic carbocycles. The predicted octanol–water partition coefficient (Wildman–Crippen LogP) is 2.44. The molecule has 0 aromatic heterocycles. The van der Waals surface area contributed by atoms with Crippen LogP contribution in [0.4, 0.5) is 0 Å². The van der Waals surface area contributed by atoms with E-state index >= 15 is 0 Å². The minimum Gasteiger partial charge on any atom is -0.399 e. The maximum atomic E-state index is 4.81. The third-order valence-corrected chi connectivity index (χ3v) is 2.01. The van der Waals surface area contributed by atoms with Gasteiger partial charge < -0.3 is 4.84 Å². The summed E-state index contributed by atoms with van der Waals surface area (Å²) in [5.74, 6) is 0. The molecule has 80 valence electrons. The Labute approximate surface area is 90.5 Å². The zero-order valence-electron chi connectivity index (χ0n) is 9.40. The normalized spacial score (nSPS) is 12.1. The standard InChI is InChI=1S/C12H16N2O/c1-4-13-9-12(14-15-3)11-8-6-5-7-10(11)2/h5-9H,4H2,1-3H3/b13-9?,14-12+. The van der Waals surface area contributed by atoms with E-state index in [1.54, 1.807) is 6.21 Å². The summed E-state index contributed by atoms with van der Waals surface area (Å²) in [6.07, 6.45) is 1.74. The molecular formula is C12H16N2O. The molecule has 0 unspecified atom stereocenters. The first-order valence-electron chi connectivity index (χ1n) is 4.96. The van der Waals surface area contributed by atoms with Crippen LogP contribution in [0.25, 0.3) is 0 Å². The van der Waals surface area contributed by atoms with Crippen LogP contribution in [0.3, 0.4) is 0 Å². The van der Waals surface area contributed by atoms with Crippen molar-refractivity contribution in [2.75, 3.05) is 13.7 Å². The highest BCUT2D eigenvalue weighted by molar-refractivity contribution is 6.38. The van der Waals surface area contributed by atoms with Gasteiger partial charge >= 0.3 is 0 Å². The van der Waals surface area contributed by atoms with Crippen molar-refractivity contribution in [3.63, 3.8) is 0 Å². The quantitative estimate of drug-likeness (QED) is 0.548. The number of oxime groups is 1. The van der Waals surface area contributed by atoms with Gasteiger partial charge in [0, 0.05) is 12.1 Å². The first-order chi connectivity index (χ1) is 7.29. The van der Waals surface area contributed by atoms with Gasteiger partial charge in [0.25, 0.3) is 0 Å². The Morgan fingerprint density at radius 3 is 2.73 bits per heavy atom. The molecule has 0 aliphatic rings. The summed E-state index contributed by atoms with van der Waals surface area (Å²) in [5, 5.41) is 3.96. The largest absolute Gasteiger partial charge is 0.399 e. The lowest BCUT2D eigenvalue weighted by molar-refractivity contribution is 0.214. The van der Waals surface area contributed by atoms with Crippen LogP contribution < -0.4 is 0 Å². The molecule has 0 spiro atoms. The topological polar surface area (TPSA) is 34.0 Å². The molecule has 0 heterocycles. The second-order valence-corrected chi connectivity index (χ2v) is 3.10. The fraction of sp³-hybridized carbons (Fsp3) is 0.333. The van der Waals surface area contributed by atoms with Gasteiger partial charge in [-0.2, -0.15) is 0 Å². The fourth-order valence-corrected chi connectivity index (χ4v) is 1.28. The smallest absolute Gasteiger partial charge is 0.128 e. The van der Waals surface area contributed by atoms with Gasteiger partial charge in [-0.25, -0.2) is 0 Å². The van der Waals surface area contributed by atoms with Gasteiger partial charge in [0.15, 0.2) is 0 Å². The van der Waals surface area contributed by atoms with Crippen LogP contribution in [0, 0.1) is 6.92 Å². The van der Waals surface area contributed by atoms with Crippen LogP contribution in [0.2, 0.25) is 0 Å². The minimum atomic E-state index is 0.745. The van der Waals surface area contributed by atoms with Crippen LogP contribution in [-0.4, -0.2) is 25.6 Å². The highest BCUT2D eigenvalue weighted by Crippen LogP contribution is 2.07. The second-order valence-electron chi connectivity index (χ2n) is 3.10. The lowest BCUT2D eigenvalue weighted by Gasteiger charge is -2.03. The van der Waals surface area contributed by atoms with Gasteiger partial charge in [0.05, 0.1) is 6.21 Å². The Balaban J connectivity index is 3.05. The number of rotatable bonds is 4. The van der Waals surface area contributed by atoms with Crippen molar-refractivity contribution in [3.8, 4) is 0 Å². The maximum absolute atomic E-state index is 4.81. The predicted molar refractivity (Wildman–Crippen MR) is 63.8 cm³/mol. The number of hydrogen-bond donors (Lipinski definition) is 0. The van der Waals surface area contributed by atoms with E-state index in [4.69, 9.17) is 4.84 Å². The Morgan fingerprint density at radius 2 is 2.13 bits per heavy atom. The van der Waals surface area contributed by atoms with Crippen LogP contribution in [0.1, 0.15) is 18.1 Å². The highest BCUT2D eigenvalue weighted by Gasteiger charge is 2.03. The first-order valence-corrected chi connectivity index (χ1v) is 4.96. The summed E-state index contributed by atoms with van der Waals surface area (Å²) in [6.45, 7) is 4.77. The van der Waals surface area contributed by atoms with E-state index in [0.717, 1.165) is 23.4 Å². The third-order valence-electron chi connectivity index (χ3n) is 2.01. The van der Waals surface area contributed by atoms with E-state index in [9.17, 15) is 0 Å². The summed E-state index contributed by atoms with van der Waals surface area (Å²) in [4.78, 5) is 8.98. The molecule has 15 heavy (non-hydrogen) atoms. The van der Waals surface area contributed by atoms with Crippen LogP contribution in [-0.2, 0) is 4.84 Å². The first kappa shape index (κ1) is 11.4. The van der Waals surface area contributed by atoms with Gasteiger partial charge in [0.1, 0.15) is 12.8 Å². The molecule has 0 saturated carbocycles. The van der Waals surface area contributed by atoms with E-state index in [2.05, 4.69) is 10.1 Å². The molecule has 0 aliphatic heterocycles. The monoisotopic (exact) mass is 204 g/mol. The molecule has 0 saturated heterocycles. The van der Waals surface area contributed by atoms with Crippen molar-refractivity contribution in [3.05, 3.63) is 35.4 Å². The lowest BCUT2D eigenvalue weighted by Crippen LogP contribution is -2.05. The summed E-state index contributed by atoms with van der Waals surface area (Å²) in [7, 11) is 1.54. The van der Waals surface area contributed by atoms with Gasteiger partial charge in [-0.15, -0.1) is 0 Å². The van der Waals surface area contributed by atoms with Gasteiger partial charge in [-0.05, 0) is 19.4 Å². The number of hydrogen-bond acceptors (Lipinski definition) is 3. The number of nitrogens with zero attached hydrogens (tertiary/aromatic N) is 2. The van der Waals surface area contributed by atoms with Crippen LogP contribution in [0.15, 0.2) is 34.4 Å². The van der Waals surface area contributed by atoms with Gasteiger partial charge in [-0.1, -0.05) is 29.4 Å². The Bertz CT molecular complexity index is 370. The Hall–Kier alpha value is -1.64. The molecule has 3 heteroatoms. The lowest BCUT2D eigenvalue weighted by atomic mass is 10.1. The zero-order valence-corrected chi connectivity index (χ0v) is 9.40. The van der Waals surface area contributed by atoms with E-state index in [-0.39, 0.29) is 0 Å². The van der Waals surface area contributed by atoms with Crippen molar-refractivity contribution in [1.29, 1.82) is 0 Å². The van der Waals surface area contributed by atoms with Crippen molar-refractivity contribution < 1.29 is 4.84 Å². The molecule has 0 N–H and O–H groups in total. The molecule has 3 nitrogen and oxygen atoms in total. The number of aryl methyl sites for hydroxylation is 1. The summed E-state index contributed by atoms with van der Waals surface area (Å²) < 4.78 is 0. The van der Waals surface area contributed by atoms with Crippen LogP contribution in [0.5, 0.6) is 0 Å². The maximum Gasteiger partial charge on any atom is 0.128 e. The molecular weight excluding hydrogens is 188 g/mol. The summed E-state index contributed by atoms with van der Waals surface area (Å²) in [5.41, 5.74) is 2.98. The average Bonchev–Trinajstić information content (AvgIpc) is 2.25. The SMILES string of the molecule is CCN=C/C(=N\OC)c1ccccc1C. The van der Waals surface area contributed by atoms with Crippen molar-refractivity contribution >= 4 is 11.9 Å². The number of aliphatic imine (C=N–C) groups is 1. The molecule has 0 radical (unpaired) electrons. The molecule has 1 aromatic carbocycles. The van der Waals surface area contributed by atoms with Gasteiger partial charge in [0.2, 0.25) is 0 Å². The summed E-state index contributed by atoms with van der Waals surface area (Å²) >= 11 is 0. The van der Waals surface area contributed by atoms with Gasteiger partial charge in [-0.3, -0.25) is 4.99 Å². The van der Waals surface area contributed by atoms with E-state index < -0.39 is 0 Å². The Morgan fingerprint density at radius 1 is 1.40 bits per heavy atom. The molecule has 0 fully saturated rings. The third kappa shape index (κ3) is 3.20. The number of benzene rings is 1. The summed E-state index contributed by atoms with van der Waals surface area (Å²) in [6, 6.07) is 8.03. The van der Waals surface area contributed by atoms with Crippen molar-refractivity contribution in [2.45, 2.75) is 13.8 Å². The van der Waals surface area contributed by atoms with E-state index in [1.165, 1.54) is 7.11 Å². The van der Waals surface area contributed by atoms with Crippen molar-refractivity contribution in [2.24, 2.45) is 10.1 Å². The molecule has 1 aromatic rings. The molecule has 0 bridgehead atoms. The fourth-order valence-electron chi connectivity index (χ4n) is 1.28. The molecule has 1 rings (SSSR count). The average molecular weight is 204 g/mol. The van der Waals surface area contributed by atoms with E-state index in [1.807, 2.05) is 38.1 Å².